The normalized spacial score (nSPS) is 11.8. The molecule has 20 heavy (non-hydrogen) atoms. The summed E-state index contributed by atoms with van der Waals surface area (Å²) in [6.45, 7) is 3.11. The van der Waals surface area contributed by atoms with Crippen molar-refractivity contribution in [3.8, 4) is 11.8 Å². The van der Waals surface area contributed by atoms with E-state index in [1.165, 1.54) is 7.11 Å². The van der Waals surface area contributed by atoms with Gasteiger partial charge < -0.3 is 14.4 Å². The van der Waals surface area contributed by atoms with Crippen molar-refractivity contribution in [1.82, 2.24) is 4.90 Å². The first-order valence-electron chi connectivity index (χ1n) is 6.35. The third-order valence-corrected chi connectivity index (χ3v) is 3.03. The van der Waals surface area contributed by atoms with Crippen LogP contribution in [0.2, 0.25) is 0 Å². The monoisotopic (exact) mass is 276 g/mol. The zero-order valence-electron chi connectivity index (χ0n) is 12.3. The van der Waals surface area contributed by atoms with Gasteiger partial charge in [-0.2, -0.15) is 5.26 Å². The summed E-state index contributed by atoms with van der Waals surface area (Å²) < 4.78 is 9.89. The quantitative estimate of drug-likeness (QED) is 0.741. The third kappa shape index (κ3) is 4.25. The molecule has 5 nitrogen and oxygen atoms in total. The fraction of sp³-hybridized carbons (Fsp3) is 0.467. The lowest BCUT2D eigenvalue weighted by Gasteiger charge is -2.20. The van der Waals surface area contributed by atoms with Crippen molar-refractivity contribution in [2.75, 3.05) is 27.8 Å². The summed E-state index contributed by atoms with van der Waals surface area (Å²) in [7, 11) is 4.87. The molecule has 0 fully saturated rings. The standard InChI is InChI=1S/C15H20N2O3/c1-11(15(18)20-4)9-17(2)10-12-5-6-13(8-16)14(7-12)19-3/h5-7,11H,9-10H2,1-4H3. The lowest BCUT2D eigenvalue weighted by molar-refractivity contribution is -0.145. The first kappa shape index (κ1) is 16.0. The summed E-state index contributed by atoms with van der Waals surface area (Å²) in [6, 6.07) is 7.56. The van der Waals surface area contributed by atoms with E-state index in [0.29, 0.717) is 24.4 Å². The molecule has 0 saturated heterocycles. The Morgan fingerprint density at radius 3 is 2.70 bits per heavy atom. The number of hydrogen-bond acceptors (Lipinski definition) is 5. The molecule has 5 heteroatoms. The summed E-state index contributed by atoms with van der Waals surface area (Å²) in [6.07, 6.45) is 0. The molecule has 108 valence electrons. The van der Waals surface area contributed by atoms with E-state index in [1.54, 1.807) is 13.2 Å². The van der Waals surface area contributed by atoms with E-state index >= 15 is 0 Å². The summed E-state index contributed by atoms with van der Waals surface area (Å²) in [5.41, 5.74) is 1.54. The molecule has 1 aromatic carbocycles. The van der Waals surface area contributed by atoms with Crippen molar-refractivity contribution in [2.24, 2.45) is 5.92 Å². The molecule has 0 spiro atoms. The van der Waals surface area contributed by atoms with Crippen molar-refractivity contribution in [2.45, 2.75) is 13.5 Å². The highest BCUT2D eigenvalue weighted by Gasteiger charge is 2.15. The number of carbonyl (C=O) groups is 1. The van der Waals surface area contributed by atoms with Crippen LogP contribution in [0, 0.1) is 17.2 Å². The summed E-state index contributed by atoms with van der Waals surface area (Å²) in [5, 5.41) is 8.94. The second-order valence-electron chi connectivity index (χ2n) is 4.77. The van der Waals surface area contributed by atoms with Gasteiger partial charge in [-0.25, -0.2) is 0 Å². The minimum atomic E-state index is -0.214. The van der Waals surface area contributed by atoms with E-state index in [-0.39, 0.29) is 11.9 Å². The first-order valence-corrected chi connectivity index (χ1v) is 6.35. The van der Waals surface area contributed by atoms with E-state index in [9.17, 15) is 4.79 Å². The Balaban J connectivity index is 2.69. The maximum Gasteiger partial charge on any atom is 0.309 e. The number of benzene rings is 1. The summed E-state index contributed by atoms with van der Waals surface area (Å²) in [5.74, 6) is 0.180. The van der Waals surface area contributed by atoms with Gasteiger partial charge in [-0.3, -0.25) is 4.79 Å². The van der Waals surface area contributed by atoms with Crippen LogP contribution in [0.5, 0.6) is 5.75 Å². The minimum Gasteiger partial charge on any atom is -0.495 e. The Morgan fingerprint density at radius 1 is 1.45 bits per heavy atom. The highest BCUT2D eigenvalue weighted by molar-refractivity contribution is 5.72. The van der Waals surface area contributed by atoms with Crippen molar-refractivity contribution in [1.29, 1.82) is 5.26 Å². The van der Waals surface area contributed by atoms with Gasteiger partial charge in [0, 0.05) is 13.1 Å². The number of nitriles is 1. The van der Waals surface area contributed by atoms with Crippen molar-refractivity contribution in [3.63, 3.8) is 0 Å². The Bertz CT molecular complexity index is 508. The topological polar surface area (TPSA) is 62.6 Å². The number of carbonyl (C=O) groups excluding carboxylic acids is 1. The Kier molecular flexibility index (Phi) is 6.01. The van der Waals surface area contributed by atoms with E-state index < -0.39 is 0 Å². The van der Waals surface area contributed by atoms with Crippen LogP contribution >= 0.6 is 0 Å². The van der Waals surface area contributed by atoms with Gasteiger partial charge in [-0.05, 0) is 24.7 Å². The van der Waals surface area contributed by atoms with Gasteiger partial charge in [0.1, 0.15) is 11.8 Å². The predicted molar refractivity (Wildman–Crippen MR) is 75.2 cm³/mol. The Morgan fingerprint density at radius 2 is 2.15 bits per heavy atom. The average molecular weight is 276 g/mol. The number of hydrogen-bond donors (Lipinski definition) is 0. The van der Waals surface area contributed by atoms with Gasteiger partial charge in [-0.15, -0.1) is 0 Å². The lowest BCUT2D eigenvalue weighted by atomic mass is 10.1. The minimum absolute atomic E-state index is 0.176. The van der Waals surface area contributed by atoms with Gasteiger partial charge >= 0.3 is 5.97 Å². The van der Waals surface area contributed by atoms with Crippen LogP contribution < -0.4 is 4.74 Å². The van der Waals surface area contributed by atoms with Crippen LogP contribution in [0.25, 0.3) is 0 Å². The van der Waals surface area contributed by atoms with Crippen LogP contribution in [0.4, 0.5) is 0 Å². The SMILES string of the molecule is COC(=O)C(C)CN(C)Cc1ccc(C#N)c(OC)c1. The molecule has 0 bridgehead atoms. The van der Waals surface area contributed by atoms with E-state index in [1.807, 2.05) is 31.0 Å². The van der Waals surface area contributed by atoms with E-state index in [4.69, 9.17) is 14.7 Å². The van der Waals surface area contributed by atoms with Gasteiger partial charge in [0.15, 0.2) is 0 Å². The van der Waals surface area contributed by atoms with E-state index in [0.717, 1.165) is 5.56 Å². The van der Waals surface area contributed by atoms with Crippen molar-refractivity contribution >= 4 is 5.97 Å². The number of methoxy groups -OCH3 is 2. The molecule has 0 amide bonds. The zero-order chi connectivity index (χ0) is 15.1. The molecule has 1 aromatic rings. The van der Waals surface area contributed by atoms with Crippen molar-refractivity contribution < 1.29 is 14.3 Å². The molecule has 0 aromatic heterocycles. The predicted octanol–water partition coefficient (Wildman–Crippen LogP) is 1.81. The fourth-order valence-corrected chi connectivity index (χ4v) is 2.05. The van der Waals surface area contributed by atoms with Gasteiger partial charge in [0.2, 0.25) is 0 Å². The summed E-state index contributed by atoms with van der Waals surface area (Å²) >= 11 is 0. The number of rotatable bonds is 6. The molecular formula is C15H20N2O3. The van der Waals surface area contributed by atoms with Crippen LogP contribution in [0.1, 0.15) is 18.1 Å². The second-order valence-corrected chi connectivity index (χ2v) is 4.77. The molecule has 0 heterocycles. The van der Waals surface area contributed by atoms with Crippen molar-refractivity contribution in [3.05, 3.63) is 29.3 Å². The number of ether oxygens (including phenoxy) is 2. The van der Waals surface area contributed by atoms with Crippen LogP contribution in [-0.4, -0.2) is 38.7 Å². The molecule has 0 aliphatic carbocycles. The molecule has 0 N–H and O–H groups in total. The van der Waals surface area contributed by atoms with E-state index in [2.05, 4.69) is 6.07 Å². The van der Waals surface area contributed by atoms with Gasteiger partial charge in [0.25, 0.3) is 0 Å². The molecule has 1 atom stereocenters. The number of esters is 1. The average Bonchev–Trinajstić information content (AvgIpc) is 2.45. The molecule has 0 saturated carbocycles. The van der Waals surface area contributed by atoms with Crippen LogP contribution in [0.15, 0.2) is 18.2 Å². The highest BCUT2D eigenvalue weighted by atomic mass is 16.5. The smallest absolute Gasteiger partial charge is 0.309 e. The maximum absolute atomic E-state index is 11.4. The molecule has 0 aliphatic rings. The molecule has 0 aliphatic heterocycles. The van der Waals surface area contributed by atoms with Crippen LogP contribution in [0.3, 0.4) is 0 Å². The van der Waals surface area contributed by atoms with Crippen LogP contribution in [-0.2, 0) is 16.1 Å². The number of nitrogens with zero attached hydrogens (tertiary/aromatic N) is 2. The molecule has 0 radical (unpaired) electrons. The molecular weight excluding hydrogens is 256 g/mol. The fourth-order valence-electron chi connectivity index (χ4n) is 2.05. The summed E-state index contributed by atoms with van der Waals surface area (Å²) in [4.78, 5) is 13.4. The Hall–Kier alpha value is -2.06. The Labute approximate surface area is 119 Å². The molecule has 1 rings (SSSR count). The molecule has 1 unspecified atom stereocenters. The van der Waals surface area contributed by atoms with Gasteiger partial charge in [0.05, 0.1) is 25.7 Å². The first-order chi connectivity index (χ1) is 9.51. The highest BCUT2D eigenvalue weighted by Crippen LogP contribution is 2.20. The van der Waals surface area contributed by atoms with Gasteiger partial charge in [-0.1, -0.05) is 13.0 Å². The largest absolute Gasteiger partial charge is 0.495 e. The zero-order valence-corrected chi connectivity index (χ0v) is 12.3. The second kappa shape index (κ2) is 7.51. The lowest BCUT2D eigenvalue weighted by Crippen LogP contribution is -2.29. The maximum atomic E-state index is 11.4. The third-order valence-electron chi connectivity index (χ3n) is 3.03.